The molecule has 9 nitrogen and oxygen atoms in total. The number of urea groups is 1. The van der Waals surface area contributed by atoms with Gasteiger partial charge in [-0.3, -0.25) is 0 Å². The molecule has 0 heterocycles. The number of carbonyl (C=O) groups is 2. The molecule has 0 aliphatic heterocycles. The van der Waals surface area contributed by atoms with E-state index in [1.165, 1.54) is 0 Å². The van der Waals surface area contributed by atoms with Crippen molar-refractivity contribution < 1.29 is 23.8 Å². The number of carbonyl (C=O) groups excluding carboxylic acids is 2. The van der Waals surface area contributed by atoms with Crippen LogP contribution in [-0.4, -0.2) is 49.9 Å². The summed E-state index contributed by atoms with van der Waals surface area (Å²) in [5, 5.41) is 19.4. The highest BCUT2D eigenvalue weighted by Gasteiger charge is 2.22. The Balaban J connectivity index is 4.27. The first-order valence-electron chi connectivity index (χ1n) is 11.4. The Morgan fingerprint density at radius 2 is 1.32 bits per heavy atom. The predicted molar refractivity (Wildman–Crippen MR) is 116 cm³/mol. The van der Waals surface area contributed by atoms with Crippen LogP contribution in [0.25, 0.3) is 0 Å². The molecule has 0 saturated heterocycles. The molecule has 3 amide bonds. The lowest BCUT2D eigenvalue weighted by molar-refractivity contribution is 0.107. The van der Waals surface area contributed by atoms with Gasteiger partial charge in [-0.1, -0.05) is 39.0 Å². The molecule has 0 saturated carbocycles. The number of nitrogens with one attached hydrogen (secondary N) is 1. The molecule has 1 N–H and O–H groups in total. The smallest absolute Gasteiger partial charge is 0.417 e. The molecule has 0 atom stereocenters. The molecule has 31 heavy (non-hydrogen) atoms. The van der Waals surface area contributed by atoms with E-state index in [2.05, 4.69) is 21.7 Å². The predicted octanol–water partition coefficient (Wildman–Crippen LogP) is 4.83. The Morgan fingerprint density at radius 3 is 1.94 bits per heavy atom. The summed E-state index contributed by atoms with van der Waals surface area (Å²) in [6.07, 6.45) is 13.2. The summed E-state index contributed by atoms with van der Waals surface area (Å²) in [5.74, 6) is 0. The second kappa shape index (κ2) is 22.0. The van der Waals surface area contributed by atoms with Crippen LogP contribution in [0.1, 0.15) is 84.0 Å². The minimum absolute atomic E-state index is 0.296. The zero-order valence-corrected chi connectivity index (χ0v) is 18.9. The lowest BCUT2D eigenvalue weighted by Gasteiger charge is -2.21. The number of hydrogen-bond donors (Lipinski definition) is 1. The van der Waals surface area contributed by atoms with Gasteiger partial charge in [0.05, 0.1) is 6.61 Å². The van der Waals surface area contributed by atoms with Gasteiger partial charge in [0.2, 0.25) is 0 Å². The zero-order valence-electron chi connectivity index (χ0n) is 18.9. The Hall–Kier alpha value is -2.68. The Morgan fingerprint density at radius 1 is 0.774 bits per heavy atom. The summed E-state index contributed by atoms with van der Waals surface area (Å²) in [4.78, 5) is 26.1. The minimum atomic E-state index is -0.601. The van der Waals surface area contributed by atoms with E-state index >= 15 is 0 Å². The standard InChI is InChI=1S/C22H38N4O5/c1-2-3-4-13-18-31-22(28)26(15-10-6-8-12-17-30-20-24)21(27)25-14-9-5-7-11-16-29-19-23/h2-18H2,1H3,(H,25,27). The minimum Gasteiger partial charge on any atom is -0.449 e. The van der Waals surface area contributed by atoms with Crippen LogP contribution in [0.2, 0.25) is 0 Å². The molecule has 0 spiro atoms. The molecule has 0 bridgehead atoms. The van der Waals surface area contributed by atoms with Crippen LogP contribution >= 0.6 is 0 Å². The van der Waals surface area contributed by atoms with Crippen molar-refractivity contribution >= 4 is 12.1 Å². The van der Waals surface area contributed by atoms with Gasteiger partial charge in [0.25, 0.3) is 12.5 Å². The lowest BCUT2D eigenvalue weighted by atomic mass is 10.2. The van der Waals surface area contributed by atoms with E-state index in [0.29, 0.717) is 39.3 Å². The van der Waals surface area contributed by atoms with Crippen LogP contribution in [0.15, 0.2) is 0 Å². The molecular formula is C22H38N4O5. The van der Waals surface area contributed by atoms with Crippen LogP contribution in [0, 0.1) is 23.0 Å². The fraction of sp³-hybridized carbons (Fsp3) is 0.818. The maximum absolute atomic E-state index is 12.5. The molecule has 0 aromatic carbocycles. The molecule has 0 aromatic heterocycles. The molecule has 0 fully saturated rings. The summed E-state index contributed by atoms with van der Waals surface area (Å²) in [7, 11) is 0. The highest BCUT2D eigenvalue weighted by molar-refractivity contribution is 5.90. The van der Waals surface area contributed by atoms with E-state index in [1.807, 2.05) is 0 Å². The quantitative estimate of drug-likeness (QED) is 0.226. The van der Waals surface area contributed by atoms with Gasteiger partial charge in [-0.15, -0.1) is 0 Å². The number of unbranched alkanes of at least 4 members (excludes halogenated alkanes) is 9. The summed E-state index contributed by atoms with van der Waals surface area (Å²) < 4.78 is 14.6. The largest absolute Gasteiger partial charge is 0.449 e. The van der Waals surface area contributed by atoms with Crippen molar-refractivity contribution in [1.82, 2.24) is 10.2 Å². The van der Waals surface area contributed by atoms with Gasteiger partial charge in [-0.05, 0) is 44.9 Å². The fourth-order valence-corrected chi connectivity index (χ4v) is 2.87. The van der Waals surface area contributed by atoms with Gasteiger partial charge in [0.15, 0.2) is 0 Å². The number of ether oxygens (including phenoxy) is 3. The normalized spacial score (nSPS) is 9.90. The third-order valence-electron chi connectivity index (χ3n) is 4.65. The van der Waals surface area contributed by atoms with Crippen LogP contribution in [-0.2, 0) is 14.2 Å². The van der Waals surface area contributed by atoms with E-state index in [4.69, 9.17) is 15.3 Å². The first-order valence-corrected chi connectivity index (χ1v) is 11.4. The SMILES string of the molecule is CCCCCCOC(=O)N(CCCCCCOC#N)C(=O)NCCCCCCOC#N. The molecule has 0 aliphatic carbocycles. The van der Waals surface area contributed by atoms with Crippen LogP contribution in [0.4, 0.5) is 9.59 Å². The summed E-state index contributed by atoms with van der Waals surface area (Å²) in [5.41, 5.74) is 0. The highest BCUT2D eigenvalue weighted by atomic mass is 16.6. The van der Waals surface area contributed by atoms with Crippen molar-refractivity contribution in [2.24, 2.45) is 0 Å². The number of hydrogen-bond acceptors (Lipinski definition) is 7. The van der Waals surface area contributed by atoms with E-state index in [-0.39, 0.29) is 0 Å². The van der Waals surface area contributed by atoms with Crippen LogP contribution in [0.5, 0.6) is 0 Å². The van der Waals surface area contributed by atoms with Crippen LogP contribution < -0.4 is 5.32 Å². The second-order valence-corrected chi connectivity index (χ2v) is 7.27. The average Bonchev–Trinajstić information content (AvgIpc) is 2.77. The summed E-state index contributed by atoms with van der Waals surface area (Å²) in [6.45, 7) is 4.02. The van der Waals surface area contributed by atoms with Gasteiger partial charge in [-0.25, -0.2) is 14.5 Å². The van der Waals surface area contributed by atoms with Crippen LogP contribution in [0.3, 0.4) is 0 Å². The van der Waals surface area contributed by atoms with Crippen molar-refractivity contribution in [2.75, 3.05) is 32.9 Å². The Kier molecular flexibility index (Phi) is 20.1. The second-order valence-electron chi connectivity index (χ2n) is 7.27. The maximum Gasteiger partial charge on any atom is 0.417 e. The van der Waals surface area contributed by atoms with Crippen molar-refractivity contribution in [3.05, 3.63) is 0 Å². The number of nitrogens with zero attached hydrogens (tertiary/aromatic N) is 3. The molecule has 9 heteroatoms. The van der Waals surface area contributed by atoms with Gasteiger partial charge in [0, 0.05) is 13.1 Å². The number of amides is 3. The third kappa shape index (κ3) is 17.9. The van der Waals surface area contributed by atoms with Gasteiger partial charge < -0.3 is 19.5 Å². The van der Waals surface area contributed by atoms with Gasteiger partial charge in [0.1, 0.15) is 13.2 Å². The van der Waals surface area contributed by atoms with Crippen molar-refractivity contribution in [2.45, 2.75) is 84.0 Å². The number of nitriles is 2. The van der Waals surface area contributed by atoms with Gasteiger partial charge in [-0.2, -0.15) is 10.5 Å². The molecule has 0 radical (unpaired) electrons. The van der Waals surface area contributed by atoms with E-state index in [1.54, 1.807) is 12.5 Å². The lowest BCUT2D eigenvalue weighted by Crippen LogP contribution is -2.45. The first kappa shape index (κ1) is 28.3. The molecule has 0 rings (SSSR count). The summed E-state index contributed by atoms with van der Waals surface area (Å²) >= 11 is 0. The number of rotatable bonds is 19. The highest BCUT2D eigenvalue weighted by Crippen LogP contribution is 2.07. The van der Waals surface area contributed by atoms with Crippen molar-refractivity contribution in [3.63, 3.8) is 0 Å². The molecule has 0 aliphatic rings. The monoisotopic (exact) mass is 438 g/mol. The van der Waals surface area contributed by atoms with Crippen molar-refractivity contribution in [3.8, 4) is 12.5 Å². The van der Waals surface area contributed by atoms with E-state index in [0.717, 1.165) is 75.5 Å². The van der Waals surface area contributed by atoms with E-state index in [9.17, 15) is 9.59 Å². The Labute approximate surface area is 186 Å². The number of imide groups is 1. The molecule has 176 valence electrons. The van der Waals surface area contributed by atoms with Gasteiger partial charge >= 0.3 is 12.1 Å². The van der Waals surface area contributed by atoms with E-state index < -0.39 is 12.1 Å². The topological polar surface area (TPSA) is 125 Å². The fourth-order valence-electron chi connectivity index (χ4n) is 2.87. The average molecular weight is 439 g/mol. The van der Waals surface area contributed by atoms with Crippen molar-refractivity contribution in [1.29, 1.82) is 10.5 Å². The zero-order chi connectivity index (χ0) is 23.0. The Bertz CT molecular complexity index is 545. The molecule has 0 aromatic rings. The molecule has 0 unspecified atom stereocenters. The summed E-state index contributed by atoms with van der Waals surface area (Å²) in [6, 6.07) is -0.431. The first-order chi connectivity index (χ1) is 15.2. The maximum atomic E-state index is 12.5. The molecular weight excluding hydrogens is 400 g/mol. The third-order valence-corrected chi connectivity index (χ3v) is 4.65.